The molecule has 0 saturated heterocycles. The number of nitrogens with zero attached hydrogens (tertiary/aromatic N) is 5. The Morgan fingerprint density at radius 1 is 1.06 bits per heavy atom. The maximum atomic E-state index is 12.9. The van der Waals surface area contributed by atoms with Crippen LogP contribution in [-0.2, 0) is 17.3 Å². The number of amides is 1. The number of nitrogens with one attached hydrogen (secondary N) is 1. The highest BCUT2D eigenvalue weighted by atomic mass is 32.2. The Bertz CT molecular complexity index is 1290. The topological polar surface area (TPSA) is 86.9 Å². The fraction of sp³-hybridized carbons (Fsp3) is 0.280. The quantitative estimate of drug-likeness (QED) is 0.389. The summed E-state index contributed by atoms with van der Waals surface area (Å²) in [6, 6.07) is 19.3. The Hall–Kier alpha value is -3.59. The molecule has 0 spiro atoms. The molecule has 0 fully saturated rings. The first-order valence-electron chi connectivity index (χ1n) is 10.9. The predicted molar refractivity (Wildman–Crippen MR) is 135 cm³/mol. The van der Waals surface area contributed by atoms with E-state index in [4.69, 9.17) is 9.84 Å². The average molecular weight is 477 g/mol. The Morgan fingerprint density at radius 3 is 2.47 bits per heavy atom. The van der Waals surface area contributed by atoms with Gasteiger partial charge in [-0.05, 0) is 24.3 Å². The number of rotatable bonds is 7. The van der Waals surface area contributed by atoms with Crippen LogP contribution in [0, 0.1) is 0 Å². The molecule has 4 aromatic rings. The molecule has 1 amide bonds. The number of ether oxygens (including phenoxy) is 1. The lowest BCUT2D eigenvalue weighted by atomic mass is 9.92. The number of methoxy groups -OCH3 is 1. The molecule has 0 aliphatic heterocycles. The molecule has 0 radical (unpaired) electrons. The fourth-order valence-corrected chi connectivity index (χ4v) is 4.13. The van der Waals surface area contributed by atoms with Gasteiger partial charge in [0.2, 0.25) is 5.91 Å². The average Bonchev–Trinajstić information content (AvgIpc) is 3.42. The summed E-state index contributed by atoms with van der Waals surface area (Å²) in [7, 11) is 3.50. The predicted octanol–water partition coefficient (Wildman–Crippen LogP) is 4.70. The molecule has 0 aliphatic carbocycles. The minimum absolute atomic E-state index is 0.149. The molecule has 0 bridgehead atoms. The normalized spacial score (nSPS) is 11.4. The van der Waals surface area contributed by atoms with Gasteiger partial charge in [-0.3, -0.25) is 4.79 Å². The first kappa shape index (κ1) is 23.6. The molecule has 2 aromatic carbocycles. The standard InChI is InChI=1S/C25H28N6O2S/c1-25(2,3)20-15-21(31(29-20)17-11-7-6-8-12-17)26-22(32)16-34-24-28-27-23(30(24)4)18-13-9-10-14-19(18)33-5/h6-15H,16H2,1-5H3,(H,26,32). The highest BCUT2D eigenvalue weighted by Gasteiger charge is 2.22. The van der Waals surface area contributed by atoms with Gasteiger partial charge in [0.05, 0.1) is 29.8 Å². The van der Waals surface area contributed by atoms with Gasteiger partial charge >= 0.3 is 0 Å². The van der Waals surface area contributed by atoms with Gasteiger partial charge in [0.1, 0.15) is 11.6 Å². The third-order valence-corrected chi connectivity index (χ3v) is 6.28. The number of benzene rings is 2. The van der Waals surface area contributed by atoms with Crippen LogP contribution in [0.2, 0.25) is 0 Å². The van der Waals surface area contributed by atoms with Gasteiger partial charge in [-0.2, -0.15) is 5.10 Å². The van der Waals surface area contributed by atoms with Gasteiger partial charge in [-0.25, -0.2) is 4.68 Å². The van der Waals surface area contributed by atoms with Gasteiger partial charge in [0.25, 0.3) is 0 Å². The largest absolute Gasteiger partial charge is 0.496 e. The SMILES string of the molecule is COc1ccccc1-c1nnc(SCC(=O)Nc2cc(C(C)(C)C)nn2-c2ccccc2)n1C. The van der Waals surface area contributed by atoms with Gasteiger partial charge < -0.3 is 14.6 Å². The molecule has 9 heteroatoms. The zero-order chi connectivity index (χ0) is 24.3. The van der Waals surface area contributed by atoms with Crippen LogP contribution in [0.3, 0.4) is 0 Å². The molecule has 4 rings (SSSR count). The van der Waals surface area contributed by atoms with Crippen LogP contribution in [-0.4, -0.2) is 43.3 Å². The number of thioether (sulfide) groups is 1. The molecule has 2 aromatic heterocycles. The fourth-order valence-electron chi connectivity index (χ4n) is 3.42. The number of para-hydroxylation sites is 2. The van der Waals surface area contributed by atoms with Crippen LogP contribution in [0.15, 0.2) is 65.8 Å². The number of carbonyl (C=O) groups is 1. The van der Waals surface area contributed by atoms with Crippen LogP contribution in [0.5, 0.6) is 5.75 Å². The summed E-state index contributed by atoms with van der Waals surface area (Å²) in [5, 5.41) is 17.0. The Labute approximate surface area is 203 Å². The molecule has 0 atom stereocenters. The third kappa shape index (κ3) is 4.99. The van der Waals surface area contributed by atoms with E-state index < -0.39 is 0 Å². The highest BCUT2D eigenvalue weighted by molar-refractivity contribution is 7.99. The molecular formula is C25H28N6O2S. The second-order valence-electron chi connectivity index (χ2n) is 8.81. The first-order valence-corrected chi connectivity index (χ1v) is 11.9. The molecule has 8 nitrogen and oxygen atoms in total. The highest BCUT2D eigenvalue weighted by Crippen LogP contribution is 2.30. The van der Waals surface area contributed by atoms with Crippen LogP contribution >= 0.6 is 11.8 Å². The minimum atomic E-state index is -0.151. The van der Waals surface area contributed by atoms with E-state index >= 15 is 0 Å². The summed E-state index contributed by atoms with van der Waals surface area (Å²) >= 11 is 1.32. The molecule has 2 heterocycles. The molecule has 176 valence electrons. The van der Waals surface area contributed by atoms with Crippen molar-refractivity contribution in [3.8, 4) is 22.8 Å². The van der Waals surface area contributed by atoms with Crippen molar-refractivity contribution in [3.63, 3.8) is 0 Å². The summed E-state index contributed by atoms with van der Waals surface area (Å²) in [5.74, 6) is 2.06. The zero-order valence-corrected chi connectivity index (χ0v) is 20.8. The molecule has 0 aliphatic rings. The summed E-state index contributed by atoms with van der Waals surface area (Å²) in [6.07, 6.45) is 0. The van der Waals surface area contributed by atoms with Crippen LogP contribution < -0.4 is 10.1 Å². The first-order chi connectivity index (χ1) is 16.3. The molecule has 0 saturated carbocycles. The summed E-state index contributed by atoms with van der Waals surface area (Å²) in [5.41, 5.74) is 2.48. The Kier molecular flexibility index (Phi) is 6.74. The van der Waals surface area contributed by atoms with Gasteiger partial charge in [-0.1, -0.05) is 62.9 Å². The van der Waals surface area contributed by atoms with Gasteiger partial charge in [0.15, 0.2) is 11.0 Å². The van der Waals surface area contributed by atoms with E-state index in [0.29, 0.717) is 16.8 Å². The maximum absolute atomic E-state index is 12.9. The molecule has 0 unspecified atom stereocenters. The molecule has 34 heavy (non-hydrogen) atoms. The van der Waals surface area contributed by atoms with E-state index in [1.807, 2.05) is 72.3 Å². The van der Waals surface area contributed by atoms with E-state index in [2.05, 4.69) is 36.3 Å². The van der Waals surface area contributed by atoms with Crippen molar-refractivity contribution in [2.24, 2.45) is 7.05 Å². The zero-order valence-electron chi connectivity index (χ0n) is 19.9. The third-order valence-electron chi connectivity index (χ3n) is 5.26. The Balaban J connectivity index is 1.50. The monoisotopic (exact) mass is 476 g/mol. The van der Waals surface area contributed by atoms with Crippen LogP contribution in [0.25, 0.3) is 17.1 Å². The molecule has 1 N–H and O–H groups in total. The van der Waals surface area contributed by atoms with E-state index in [1.165, 1.54) is 11.8 Å². The maximum Gasteiger partial charge on any atom is 0.236 e. The Morgan fingerprint density at radius 2 is 1.76 bits per heavy atom. The van der Waals surface area contributed by atoms with Crippen molar-refractivity contribution in [1.82, 2.24) is 24.5 Å². The number of hydrogen-bond donors (Lipinski definition) is 1. The summed E-state index contributed by atoms with van der Waals surface area (Å²) in [4.78, 5) is 12.9. The van der Waals surface area contributed by atoms with Gasteiger partial charge in [0, 0.05) is 18.5 Å². The minimum Gasteiger partial charge on any atom is -0.496 e. The lowest BCUT2D eigenvalue weighted by Gasteiger charge is -2.14. The summed E-state index contributed by atoms with van der Waals surface area (Å²) < 4.78 is 9.07. The van der Waals surface area contributed by atoms with Crippen molar-refractivity contribution in [2.45, 2.75) is 31.3 Å². The summed E-state index contributed by atoms with van der Waals surface area (Å²) in [6.45, 7) is 6.29. The second kappa shape index (κ2) is 9.72. The van der Waals surface area contributed by atoms with Crippen molar-refractivity contribution in [2.75, 3.05) is 18.2 Å². The number of anilines is 1. The van der Waals surface area contributed by atoms with E-state index in [9.17, 15) is 4.79 Å². The van der Waals surface area contributed by atoms with Crippen LogP contribution in [0.4, 0.5) is 5.82 Å². The second-order valence-corrected chi connectivity index (χ2v) is 9.76. The number of carbonyl (C=O) groups excluding carboxylic acids is 1. The van der Waals surface area contributed by atoms with Crippen LogP contribution in [0.1, 0.15) is 26.5 Å². The smallest absolute Gasteiger partial charge is 0.236 e. The van der Waals surface area contributed by atoms with Crippen molar-refractivity contribution in [3.05, 3.63) is 66.4 Å². The van der Waals surface area contributed by atoms with E-state index in [-0.39, 0.29) is 17.1 Å². The molecular weight excluding hydrogens is 448 g/mol. The van der Waals surface area contributed by atoms with E-state index in [0.717, 1.165) is 22.7 Å². The van der Waals surface area contributed by atoms with E-state index in [1.54, 1.807) is 11.8 Å². The number of hydrogen-bond acceptors (Lipinski definition) is 6. The number of aromatic nitrogens is 5. The van der Waals surface area contributed by atoms with Gasteiger partial charge in [-0.15, -0.1) is 10.2 Å². The van der Waals surface area contributed by atoms with Crippen molar-refractivity contribution < 1.29 is 9.53 Å². The van der Waals surface area contributed by atoms with Crippen molar-refractivity contribution >= 4 is 23.5 Å². The lowest BCUT2D eigenvalue weighted by Crippen LogP contribution is -2.17. The lowest BCUT2D eigenvalue weighted by molar-refractivity contribution is -0.113. The van der Waals surface area contributed by atoms with Crippen molar-refractivity contribution in [1.29, 1.82) is 0 Å².